The number of aryl methyl sites for hydroxylation is 2. The summed E-state index contributed by atoms with van der Waals surface area (Å²) in [4.78, 5) is 78.9. The molecule has 2 aromatic carbocycles. The van der Waals surface area contributed by atoms with Crippen LogP contribution in [0, 0.1) is 19.8 Å². The van der Waals surface area contributed by atoms with E-state index in [1.165, 1.54) is 47.7 Å². The zero-order valence-corrected chi connectivity index (χ0v) is 32.4. The number of esters is 1. The molecular formula is C41H46N4O12. The zero-order valence-electron chi connectivity index (χ0n) is 32.4. The maximum Gasteiger partial charge on any atom is 0.333 e. The van der Waals surface area contributed by atoms with Crippen LogP contribution in [0.25, 0.3) is 0 Å². The summed E-state index contributed by atoms with van der Waals surface area (Å²) in [5.41, 5.74) is -0.0798. The van der Waals surface area contributed by atoms with Crippen LogP contribution < -0.4 is 32.0 Å². The molecule has 0 unspecified atom stereocenters. The number of carbonyl (C=O) groups is 2. The molecule has 6 rings (SSSR count). The van der Waals surface area contributed by atoms with E-state index in [4.69, 9.17) is 23.7 Å². The van der Waals surface area contributed by atoms with Gasteiger partial charge in [0.15, 0.2) is 5.78 Å². The monoisotopic (exact) mass is 786 g/mol. The minimum atomic E-state index is -0.925. The van der Waals surface area contributed by atoms with Gasteiger partial charge in [-0.25, -0.2) is 9.59 Å². The molecule has 0 amide bonds. The second-order valence-electron chi connectivity index (χ2n) is 14.3. The van der Waals surface area contributed by atoms with Gasteiger partial charge in [-0.15, -0.1) is 0 Å². The van der Waals surface area contributed by atoms with Crippen LogP contribution in [0.2, 0.25) is 0 Å². The smallest absolute Gasteiger partial charge is 0.333 e. The van der Waals surface area contributed by atoms with Gasteiger partial charge in [0.2, 0.25) is 0 Å². The summed E-state index contributed by atoms with van der Waals surface area (Å²) < 4.78 is 33.0. The third-order valence-corrected chi connectivity index (χ3v) is 10.3. The molecule has 2 aliphatic heterocycles. The van der Waals surface area contributed by atoms with E-state index in [0.29, 0.717) is 33.8 Å². The minimum Gasteiger partial charge on any atom is -0.497 e. The van der Waals surface area contributed by atoms with E-state index in [9.17, 15) is 33.9 Å². The van der Waals surface area contributed by atoms with E-state index >= 15 is 0 Å². The molecule has 0 bridgehead atoms. The Bertz CT molecular complexity index is 2380. The quantitative estimate of drug-likeness (QED) is 0.146. The molecule has 2 aromatic heterocycles. The number of ether oxygens (including phenoxy) is 5. The summed E-state index contributed by atoms with van der Waals surface area (Å²) in [6.07, 6.45) is 1.52. The van der Waals surface area contributed by atoms with Crippen molar-refractivity contribution in [3.8, 4) is 11.5 Å². The summed E-state index contributed by atoms with van der Waals surface area (Å²) in [6.45, 7) is 4.05. The summed E-state index contributed by atoms with van der Waals surface area (Å²) in [5, 5.41) is 10.2. The van der Waals surface area contributed by atoms with E-state index in [1.807, 2.05) is 0 Å². The Balaban J connectivity index is 1.17. The van der Waals surface area contributed by atoms with E-state index in [1.54, 1.807) is 69.5 Å². The molecular weight excluding hydrogens is 740 g/mol. The van der Waals surface area contributed by atoms with Crippen LogP contribution in [-0.2, 0) is 36.9 Å². The van der Waals surface area contributed by atoms with Gasteiger partial charge in [0.25, 0.3) is 11.1 Å². The Labute approximate surface area is 327 Å². The molecule has 0 spiro atoms. The number of hydrogen-bond donors (Lipinski definition) is 1. The first-order valence-corrected chi connectivity index (χ1v) is 18.5. The lowest BCUT2D eigenvalue weighted by atomic mass is 9.94. The van der Waals surface area contributed by atoms with E-state index in [2.05, 4.69) is 0 Å². The van der Waals surface area contributed by atoms with Crippen LogP contribution in [0.15, 0.2) is 92.3 Å². The molecule has 2 aliphatic rings. The predicted molar refractivity (Wildman–Crippen MR) is 206 cm³/mol. The van der Waals surface area contributed by atoms with Crippen molar-refractivity contribution in [1.29, 1.82) is 0 Å². The molecule has 4 heterocycles. The summed E-state index contributed by atoms with van der Waals surface area (Å²) in [7, 11) is 3.08. The number of nitrogens with zero attached hydrogens (tertiary/aromatic N) is 4. The Morgan fingerprint density at radius 1 is 0.772 bits per heavy atom. The number of benzene rings is 2. The first kappa shape index (κ1) is 40.8. The van der Waals surface area contributed by atoms with Crippen LogP contribution in [0.4, 0.5) is 0 Å². The Morgan fingerprint density at radius 2 is 1.26 bits per heavy atom. The molecule has 0 aliphatic carbocycles. The van der Waals surface area contributed by atoms with Crippen molar-refractivity contribution in [3.63, 3.8) is 0 Å². The minimum absolute atomic E-state index is 0.00370. The molecule has 16 heteroatoms. The summed E-state index contributed by atoms with van der Waals surface area (Å²) >= 11 is 0. The average molecular weight is 787 g/mol. The largest absolute Gasteiger partial charge is 0.497 e. The number of allylic oxidation sites excluding steroid dienone is 1. The van der Waals surface area contributed by atoms with Crippen LogP contribution >= 0.6 is 0 Å². The Morgan fingerprint density at radius 3 is 1.72 bits per heavy atom. The molecule has 16 nitrogen and oxygen atoms in total. The van der Waals surface area contributed by atoms with Crippen molar-refractivity contribution < 1.29 is 38.4 Å². The topological polar surface area (TPSA) is 189 Å². The van der Waals surface area contributed by atoms with Crippen molar-refractivity contribution in [2.24, 2.45) is 5.92 Å². The van der Waals surface area contributed by atoms with Gasteiger partial charge >= 0.3 is 17.3 Å². The number of aromatic nitrogens is 4. The first-order valence-electron chi connectivity index (χ1n) is 18.5. The molecule has 57 heavy (non-hydrogen) atoms. The van der Waals surface area contributed by atoms with Gasteiger partial charge in [0.1, 0.15) is 36.2 Å². The fourth-order valence-corrected chi connectivity index (χ4v) is 7.26. The lowest BCUT2D eigenvalue weighted by Crippen LogP contribution is -2.42. The standard InChI is InChI=1S/C41H46N4O12/c1-24-19-42(40(51)44(38(24)49)21-27-6-11-31(53-4)12-7-27)36-17-29(35(23-46)57-36)16-30(48)10-15-33-34(55-26(3)47)18-37(56-33)43-20-25(2)39(50)45(41(43)52)22-28-8-13-32(54-5)14-9-28/h6-15,19-20,29,33-37,46H,16-18,21-23H2,1-5H3/b15-10+/t29-,33+,34-,35+,36+,37+/m0/s1. The molecule has 6 atom stereocenters. The number of aliphatic hydroxyl groups is 1. The maximum absolute atomic E-state index is 13.7. The first-order chi connectivity index (χ1) is 27.3. The lowest BCUT2D eigenvalue weighted by molar-refractivity contribution is -0.147. The highest BCUT2D eigenvalue weighted by Gasteiger charge is 2.40. The summed E-state index contributed by atoms with van der Waals surface area (Å²) in [6, 6.07) is 14.0. The average Bonchev–Trinajstić information content (AvgIpc) is 3.80. The van der Waals surface area contributed by atoms with E-state index in [-0.39, 0.29) is 38.1 Å². The van der Waals surface area contributed by atoms with Crippen molar-refractivity contribution in [2.45, 2.75) is 83.9 Å². The number of ketones is 1. The molecule has 0 radical (unpaired) electrons. The number of aliphatic hydroxyl groups excluding tert-OH is 1. The molecule has 4 aromatic rings. The second-order valence-corrected chi connectivity index (χ2v) is 14.3. The number of carbonyl (C=O) groups excluding carboxylic acids is 2. The molecule has 2 saturated heterocycles. The van der Waals surface area contributed by atoms with E-state index < -0.39 is 71.8 Å². The van der Waals surface area contributed by atoms with Crippen LogP contribution in [0.3, 0.4) is 0 Å². The van der Waals surface area contributed by atoms with Gasteiger partial charge in [-0.3, -0.25) is 37.4 Å². The molecule has 302 valence electrons. The lowest BCUT2D eigenvalue weighted by Gasteiger charge is -2.18. The summed E-state index contributed by atoms with van der Waals surface area (Å²) in [5.74, 6) is -0.145. The maximum atomic E-state index is 13.7. The highest BCUT2D eigenvalue weighted by atomic mass is 16.6. The molecule has 2 fully saturated rings. The van der Waals surface area contributed by atoms with Gasteiger partial charge in [0.05, 0.1) is 40.0 Å². The van der Waals surface area contributed by atoms with Gasteiger partial charge in [-0.1, -0.05) is 24.3 Å². The van der Waals surface area contributed by atoms with Gasteiger partial charge in [0, 0.05) is 43.3 Å². The number of hydrogen-bond acceptors (Lipinski definition) is 12. The van der Waals surface area contributed by atoms with Crippen LogP contribution in [-0.4, -0.2) is 74.3 Å². The highest BCUT2D eigenvalue weighted by molar-refractivity contribution is 5.90. The number of methoxy groups -OCH3 is 2. The highest BCUT2D eigenvalue weighted by Crippen LogP contribution is 2.35. The van der Waals surface area contributed by atoms with Gasteiger partial charge < -0.3 is 28.8 Å². The van der Waals surface area contributed by atoms with Crippen molar-refractivity contribution in [3.05, 3.63) is 137 Å². The molecule has 0 saturated carbocycles. The third-order valence-electron chi connectivity index (χ3n) is 10.3. The second kappa shape index (κ2) is 17.5. The predicted octanol–water partition coefficient (Wildman–Crippen LogP) is 2.39. The Kier molecular flexibility index (Phi) is 12.6. The van der Waals surface area contributed by atoms with Crippen molar-refractivity contribution in [1.82, 2.24) is 18.3 Å². The molecule has 1 N–H and O–H groups in total. The fourth-order valence-electron chi connectivity index (χ4n) is 7.26. The van der Waals surface area contributed by atoms with Gasteiger partial charge in [-0.05, 0) is 73.7 Å². The zero-order chi connectivity index (χ0) is 41.0. The van der Waals surface area contributed by atoms with Crippen molar-refractivity contribution in [2.75, 3.05) is 20.8 Å². The van der Waals surface area contributed by atoms with Gasteiger partial charge in [-0.2, -0.15) is 0 Å². The van der Waals surface area contributed by atoms with Crippen molar-refractivity contribution >= 4 is 11.8 Å². The number of rotatable bonds is 14. The van der Waals surface area contributed by atoms with Crippen LogP contribution in [0.1, 0.15) is 60.9 Å². The van der Waals surface area contributed by atoms with E-state index in [0.717, 1.165) is 9.13 Å². The third kappa shape index (κ3) is 9.09. The fraction of sp³-hybridized carbons (Fsp3) is 0.415. The SMILES string of the molecule is COc1ccc(Cn2c(=O)c(C)cn([C@H]3C[C@H](OC(C)=O)[C@@H](/C=C/C(=O)C[C@H]4C[C@H](n5cc(C)c(=O)n(Cc6ccc(OC)cc6)c5=O)O[C@@H]4CO)O3)c2=O)cc1. The normalized spacial score (nSPS) is 21.9. The Hall–Kier alpha value is -5.84. The van der Waals surface area contributed by atoms with Crippen LogP contribution in [0.5, 0.6) is 11.5 Å².